The summed E-state index contributed by atoms with van der Waals surface area (Å²) in [6, 6.07) is 19.8. The van der Waals surface area contributed by atoms with Crippen molar-refractivity contribution in [2.75, 3.05) is 12.4 Å². The van der Waals surface area contributed by atoms with Crippen LogP contribution in [-0.2, 0) is 20.1 Å². The van der Waals surface area contributed by atoms with Crippen molar-refractivity contribution in [1.29, 1.82) is 0 Å². The van der Waals surface area contributed by atoms with E-state index >= 15 is 0 Å². The van der Waals surface area contributed by atoms with Crippen LogP contribution in [0.5, 0.6) is 0 Å². The van der Waals surface area contributed by atoms with Gasteiger partial charge in [-0.15, -0.1) is 0 Å². The van der Waals surface area contributed by atoms with Crippen molar-refractivity contribution in [3.8, 4) is 0 Å². The maximum Gasteiger partial charge on any atom is 0.306 e. The Morgan fingerprint density at radius 3 is 2.32 bits per heavy atom. The van der Waals surface area contributed by atoms with Crippen LogP contribution >= 0.6 is 11.8 Å². The highest BCUT2D eigenvalue weighted by Gasteiger charge is 2.15. The van der Waals surface area contributed by atoms with Crippen LogP contribution in [0.1, 0.15) is 44.1 Å². The van der Waals surface area contributed by atoms with Crippen molar-refractivity contribution in [3.63, 3.8) is 0 Å². The second kappa shape index (κ2) is 13.0. The fraction of sp³-hybridized carbons (Fsp3) is 0.391. The predicted octanol–water partition coefficient (Wildman–Crippen LogP) is 5.44. The molecular formula is C23H29NO3S. The molecule has 1 atom stereocenters. The van der Waals surface area contributed by atoms with E-state index in [1.165, 1.54) is 12.7 Å². The molecule has 5 heteroatoms. The molecule has 1 unspecified atom stereocenters. The van der Waals surface area contributed by atoms with E-state index in [2.05, 4.69) is 17.4 Å². The van der Waals surface area contributed by atoms with E-state index in [-0.39, 0.29) is 17.1 Å². The third-order valence-corrected chi connectivity index (χ3v) is 5.81. The molecule has 1 N–H and O–H groups in total. The van der Waals surface area contributed by atoms with Gasteiger partial charge < -0.3 is 10.1 Å². The van der Waals surface area contributed by atoms with Crippen LogP contribution in [0.4, 0.5) is 5.69 Å². The standard InChI is InChI=1S/C23H29NO3S/c1-27-23(26)17-21(28-18-19-11-5-2-6-12-19)15-9-4-10-16-22(25)24-20-13-7-3-8-14-20/h2-3,5-8,11-14,21H,4,9-10,15-18H2,1H3,(H,24,25). The van der Waals surface area contributed by atoms with Gasteiger partial charge in [0.05, 0.1) is 13.5 Å². The first-order valence-electron chi connectivity index (χ1n) is 9.74. The van der Waals surface area contributed by atoms with Crippen molar-refractivity contribution >= 4 is 29.3 Å². The van der Waals surface area contributed by atoms with Crippen molar-refractivity contribution in [3.05, 3.63) is 66.2 Å². The third kappa shape index (κ3) is 9.09. The highest BCUT2D eigenvalue weighted by Crippen LogP contribution is 2.25. The first kappa shape index (κ1) is 22.0. The number of amides is 1. The molecule has 0 saturated carbocycles. The van der Waals surface area contributed by atoms with Gasteiger partial charge >= 0.3 is 5.97 Å². The Morgan fingerprint density at radius 1 is 0.964 bits per heavy atom. The molecule has 0 saturated heterocycles. The molecule has 2 aromatic carbocycles. The van der Waals surface area contributed by atoms with E-state index in [4.69, 9.17) is 4.74 Å². The number of hydrogen-bond acceptors (Lipinski definition) is 4. The van der Waals surface area contributed by atoms with E-state index in [1.54, 1.807) is 11.8 Å². The second-order valence-corrected chi connectivity index (χ2v) is 8.00. The molecule has 2 aromatic rings. The summed E-state index contributed by atoms with van der Waals surface area (Å²) in [7, 11) is 1.44. The number of carbonyl (C=O) groups excluding carboxylic acids is 2. The highest BCUT2D eigenvalue weighted by atomic mass is 32.2. The minimum atomic E-state index is -0.159. The molecule has 28 heavy (non-hydrogen) atoms. The van der Waals surface area contributed by atoms with Crippen molar-refractivity contribution < 1.29 is 14.3 Å². The van der Waals surface area contributed by atoms with Gasteiger partial charge in [0.15, 0.2) is 0 Å². The molecule has 0 aliphatic heterocycles. The Labute approximate surface area is 172 Å². The first-order valence-corrected chi connectivity index (χ1v) is 10.8. The smallest absolute Gasteiger partial charge is 0.306 e. The number of rotatable bonds is 12. The average molecular weight is 400 g/mol. The zero-order chi connectivity index (χ0) is 20.0. The molecule has 0 aliphatic rings. The molecule has 0 bridgehead atoms. The van der Waals surface area contributed by atoms with E-state index in [1.807, 2.05) is 48.5 Å². The van der Waals surface area contributed by atoms with Crippen molar-refractivity contribution in [1.82, 2.24) is 0 Å². The lowest BCUT2D eigenvalue weighted by Crippen LogP contribution is -2.13. The summed E-state index contributed by atoms with van der Waals surface area (Å²) in [5.41, 5.74) is 2.10. The second-order valence-electron chi connectivity index (χ2n) is 6.71. The Hall–Kier alpha value is -2.27. The van der Waals surface area contributed by atoms with Crippen LogP contribution in [0.25, 0.3) is 0 Å². The van der Waals surface area contributed by atoms with Gasteiger partial charge in [-0.3, -0.25) is 9.59 Å². The molecule has 2 rings (SSSR count). The van der Waals surface area contributed by atoms with Crippen LogP contribution in [-0.4, -0.2) is 24.2 Å². The molecule has 0 fully saturated rings. The fourth-order valence-electron chi connectivity index (χ4n) is 2.88. The number of thioether (sulfide) groups is 1. The normalized spacial score (nSPS) is 11.6. The Kier molecular flexibility index (Phi) is 10.2. The molecule has 0 radical (unpaired) electrons. The molecule has 0 aliphatic carbocycles. The van der Waals surface area contributed by atoms with Gasteiger partial charge in [0, 0.05) is 23.1 Å². The van der Waals surface area contributed by atoms with Crippen molar-refractivity contribution in [2.24, 2.45) is 0 Å². The molecule has 0 spiro atoms. The highest BCUT2D eigenvalue weighted by molar-refractivity contribution is 7.99. The summed E-state index contributed by atoms with van der Waals surface area (Å²) < 4.78 is 4.84. The largest absolute Gasteiger partial charge is 0.469 e. The number of carbonyl (C=O) groups is 2. The lowest BCUT2D eigenvalue weighted by Gasteiger charge is -2.15. The van der Waals surface area contributed by atoms with Gasteiger partial charge in [-0.05, 0) is 30.5 Å². The minimum absolute atomic E-state index is 0.0516. The van der Waals surface area contributed by atoms with Gasteiger partial charge in [-0.25, -0.2) is 0 Å². The van der Waals surface area contributed by atoms with Crippen molar-refractivity contribution in [2.45, 2.75) is 49.5 Å². The lowest BCUT2D eigenvalue weighted by atomic mass is 10.1. The zero-order valence-electron chi connectivity index (χ0n) is 16.4. The number of esters is 1. The number of anilines is 1. The zero-order valence-corrected chi connectivity index (χ0v) is 17.3. The van der Waals surface area contributed by atoms with Gasteiger partial charge in [-0.2, -0.15) is 11.8 Å². The van der Waals surface area contributed by atoms with Crippen LogP contribution in [0.3, 0.4) is 0 Å². The first-order chi connectivity index (χ1) is 13.7. The molecule has 0 aromatic heterocycles. The third-order valence-electron chi connectivity index (χ3n) is 4.44. The van der Waals surface area contributed by atoms with Crippen LogP contribution in [0.15, 0.2) is 60.7 Å². The van der Waals surface area contributed by atoms with Gasteiger partial charge in [0.1, 0.15) is 0 Å². The summed E-state index contributed by atoms with van der Waals surface area (Å²) >= 11 is 1.80. The van der Waals surface area contributed by atoms with E-state index < -0.39 is 0 Å². The summed E-state index contributed by atoms with van der Waals surface area (Å²) in [4.78, 5) is 23.7. The number of para-hydroxylation sites is 1. The molecular weight excluding hydrogens is 370 g/mol. The fourth-order valence-corrected chi connectivity index (χ4v) is 4.09. The molecule has 4 nitrogen and oxygen atoms in total. The summed E-state index contributed by atoms with van der Waals surface area (Å²) in [6.07, 6.45) is 4.74. The molecule has 150 valence electrons. The van der Waals surface area contributed by atoms with E-state index in [0.717, 1.165) is 37.1 Å². The Balaban J connectivity index is 1.67. The number of benzene rings is 2. The number of nitrogens with one attached hydrogen (secondary N) is 1. The molecule has 0 heterocycles. The van der Waals surface area contributed by atoms with Crippen LogP contribution in [0, 0.1) is 0 Å². The quantitative estimate of drug-likeness (QED) is 0.381. The Bertz CT molecular complexity index is 706. The van der Waals surface area contributed by atoms with Gasteiger partial charge in [-0.1, -0.05) is 61.4 Å². The summed E-state index contributed by atoms with van der Waals surface area (Å²) in [6.45, 7) is 0. The number of hydrogen-bond donors (Lipinski definition) is 1. The predicted molar refractivity (Wildman–Crippen MR) is 116 cm³/mol. The average Bonchev–Trinajstić information content (AvgIpc) is 2.72. The van der Waals surface area contributed by atoms with E-state index in [0.29, 0.717) is 12.8 Å². The van der Waals surface area contributed by atoms with E-state index in [9.17, 15) is 9.59 Å². The van der Waals surface area contributed by atoms with Crippen LogP contribution in [0.2, 0.25) is 0 Å². The minimum Gasteiger partial charge on any atom is -0.469 e. The Morgan fingerprint density at radius 2 is 1.64 bits per heavy atom. The van der Waals surface area contributed by atoms with Gasteiger partial charge in [0.25, 0.3) is 0 Å². The number of methoxy groups -OCH3 is 1. The topological polar surface area (TPSA) is 55.4 Å². The molecule has 1 amide bonds. The maximum atomic E-state index is 12.0. The maximum absolute atomic E-state index is 12.0. The number of ether oxygens (including phenoxy) is 1. The summed E-state index contributed by atoms with van der Waals surface area (Å²) in [5.74, 6) is 0.783. The summed E-state index contributed by atoms with van der Waals surface area (Å²) in [5, 5.41) is 3.15. The van der Waals surface area contributed by atoms with Crippen LogP contribution < -0.4 is 5.32 Å². The van der Waals surface area contributed by atoms with Gasteiger partial charge in [0.2, 0.25) is 5.91 Å². The number of unbranched alkanes of at least 4 members (excludes halogenated alkanes) is 2. The monoisotopic (exact) mass is 399 g/mol. The lowest BCUT2D eigenvalue weighted by molar-refractivity contribution is -0.140. The SMILES string of the molecule is COC(=O)CC(CCCCCC(=O)Nc1ccccc1)SCc1ccccc1.